The molecular formula is C10H11FN4O3S. The van der Waals surface area contributed by atoms with E-state index < -0.39 is 20.7 Å². The summed E-state index contributed by atoms with van der Waals surface area (Å²) in [6.07, 6.45) is 1.06. The molecule has 0 fully saturated rings. The summed E-state index contributed by atoms with van der Waals surface area (Å²) in [6, 6.07) is 2.14. The van der Waals surface area contributed by atoms with Crippen LogP contribution in [0.25, 0.3) is 0 Å². The second-order valence-corrected chi connectivity index (χ2v) is 5.55. The summed E-state index contributed by atoms with van der Waals surface area (Å²) in [5, 5.41) is 3.44. The summed E-state index contributed by atoms with van der Waals surface area (Å²) in [5.41, 5.74) is 6.24. The highest BCUT2D eigenvalue weighted by Gasteiger charge is 2.20. The van der Waals surface area contributed by atoms with Crippen molar-refractivity contribution in [2.24, 2.45) is 0 Å². The van der Waals surface area contributed by atoms with Gasteiger partial charge in [0.25, 0.3) is 0 Å². The summed E-state index contributed by atoms with van der Waals surface area (Å²) in [4.78, 5) is 3.13. The molecule has 0 atom stereocenters. The van der Waals surface area contributed by atoms with E-state index in [4.69, 9.17) is 5.73 Å². The molecule has 1 heterocycles. The third-order valence-corrected chi connectivity index (χ3v) is 3.85. The van der Waals surface area contributed by atoms with Gasteiger partial charge in [0.2, 0.25) is 16.4 Å². The minimum atomic E-state index is -4.03. The Morgan fingerprint density at radius 2 is 2.21 bits per heavy atom. The highest BCUT2D eigenvalue weighted by molar-refractivity contribution is 7.89. The first-order valence-corrected chi connectivity index (χ1v) is 6.69. The Kier molecular flexibility index (Phi) is 3.49. The summed E-state index contributed by atoms with van der Waals surface area (Å²) >= 11 is 0. The quantitative estimate of drug-likeness (QED) is 0.795. The highest BCUT2D eigenvalue weighted by Crippen LogP contribution is 2.21. The van der Waals surface area contributed by atoms with Gasteiger partial charge in [-0.15, -0.1) is 0 Å². The van der Waals surface area contributed by atoms with Gasteiger partial charge in [0.05, 0.1) is 6.54 Å². The van der Waals surface area contributed by atoms with Crippen molar-refractivity contribution in [2.75, 3.05) is 5.73 Å². The Balaban J connectivity index is 2.27. The molecule has 0 aliphatic rings. The molecule has 1 aromatic carbocycles. The van der Waals surface area contributed by atoms with Crippen LogP contribution in [-0.4, -0.2) is 18.6 Å². The second kappa shape index (κ2) is 4.94. The Labute approximate surface area is 108 Å². The maximum atomic E-state index is 13.7. The van der Waals surface area contributed by atoms with Crippen LogP contribution in [0.1, 0.15) is 11.4 Å². The van der Waals surface area contributed by atoms with Gasteiger partial charge in [-0.25, -0.2) is 17.5 Å². The van der Waals surface area contributed by atoms with Crippen molar-refractivity contribution in [3.63, 3.8) is 0 Å². The SMILES string of the molecule is Cc1cc(F)c(S(=O)(=O)NCc2ncon2)cc1N. The van der Waals surface area contributed by atoms with Crippen molar-refractivity contribution in [1.29, 1.82) is 0 Å². The smallest absolute Gasteiger partial charge is 0.243 e. The van der Waals surface area contributed by atoms with Crippen LogP contribution in [-0.2, 0) is 16.6 Å². The number of rotatable bonds is 4. The molecule has 7 nitrogen and oxygen atoms in total. The molecule has 9 heteroatoms. The molecule has 1 aromatic heterocycles. The Hall–Kier alpha value is -2.00. The van der Waals surface area contributed by atoms with E-state index in [0.29, 0.717) is 5.56 Å². The van der Waals surface area contributed by atoms with E-state index >= 15 is 0 Å². The third-order valence-electron chi connectivity index (χ3n) is 2.44. The van der Waals surface area contributed by atoms with E-state index in [2.05, 4.69) is 19.4 Å². The number of sulfonamides is 1. The van der Waals surface area contributed by atoms with Crippen molar-refractivity contribution >= 4 is 15.7 Å². The molecule has 0 amide bonds. The number of benzene rings is 1. The van der Waals surface area contributed by atoms with Crippen molar-refractivity contribution in [3.05, 3.63) is 35.7 Å². The average molecular weight is 286 g/mol. The molecule has 102 valence electrons. The lowest BCUT2D eigenvalue weighted by Gasteiger charge is -2.08. The average Bonchev–Trinajstić information content (AvgIpc) is 2.84. The standard InChI is InChI=1S/C10H11FN4O3S/c1-6-2-7(11)9(3-8(6)12)19(16,17)14-4-10-13-5-18-15-10/h2-3,5,14H,4,12H2,1H3. The molecule has 0 spiro atoms. The number of halogens is 1. The first-order valence-electron chi connectivity index (χ1n) is 5.20. The Morgan fingerprint density at radius 1 is 1.47 bits per heavy atom. The Morgan fingerprint density at radius 3 is 2.84 bits per heavy atom. The van der Waals surface area contributed by atoms with E-state index in [0.717, 1.165) is 18.5 Å². The predicted molar refractivity (Wildman–Crippen MR) is 63.9 cm³/mol. The van der Waals surface area contributed by atoms with Crippen LogP contribution in [0.2, 0.25) is 0 Å². The van der Waals surface area contributed by atoms with Gasteiger partial charge < -0.3 is 10.3 Å². The number of hydrogen-bond donors (Lipinski definition) is 2. The number of nitrogens with two attached hydrogens (primary N) is 1. The first kappa shape index (κ1) is 13.4. The zero-order chi connectivity index (χ0) is 14.0. The normalized spacial score (nSPS) is 11.7. The second-order valence-electron chi connectivity index (χ2n) is 3.81. The summed E-state index contributed by atoms with van der Waals surface area (Å²) in [5.74, 6) is -0.726. The lowest BCUT2D eigenvalue weighted by Crippen LogP contribution is -2.25. The van der Waals surface area contributed by atoms with Crippen LogP contribution < -0.4 is 10.5 Å². The number of nitrogens with zero attached hydrogens (tertiary/aromatic N) is 2. The predicted octanol–water partition coefficient (Wildman–Crippen LogP) is 0.578. The molecule has 0 radical (unpaired) electrons. The lowest BCUT2D eigenvalue weighted by molar-refractivity contribution is 0.409. The molecule has 0 bridgehead atoms. The van der Waals surface area contributed by atoms with Crippen LogP contribution >= 0.6 is 0 Å². The largest absolute Gasteiger partial charge is 0.398 e. The van der Waals surface area contributed by atoms with Gasteiger partial charge in [0, 0.05) is 5.69 Å². The first-order chi connectivity index (χ1) is 8.90. The number of nitrogen functional groups attached to an aromatic ring is 1. The molecule has 0 unspecified atom stereocenters. The number of hydrogen-bond acceptors (Lipinski definition) is 6. The number of anilines is 1. The molecule has 2 aromatic rings. The zero-order valence-electron chi connectivity index (χ0n) is 9.92. The van der Waals surface area contributed by atoms with Gasteiger partial charge in [0.1, 0.15) is 10.7 Å². The zero-order valence-corrected chi connectivity index (χ0v) is 10.7. The molecule has 0 aliphatic carbocycles. The van der Waals surface area contributed by atoms with E-state index in [-0.39, 0.29) is 18.1 Å². The van der Waals surface area contributed by atoms with Crippen molar-refractivity contribution in [3.8, 4) is 0 Å². The van der Waals surface area contributed by atoms with E-state index in [1.165, 1.54) is 0 Å². The van der Waals surface area contributed by atoms with Gasteiger partial charge in [-0.1, -0.05) is 5.16 Å². The van der Waals surface area contributed by atoms with Crippen LogP contribution in [0, 0.1) is 12.7 Å². The molecule has 19 heavy (non-hydrogen) atoms. The van der Waals surface area contributed by atoms with Gasteiger partial charge in [-0.05, 0) is 24.6 Å². The molecular weight excluding hydrogens is 275 g/mol. The topological polar surface area (TPSA) is 111 Å². The highest BCUT2D eigenvalue weighted by atomic mass is 32.2. The van der Waals surface area contributed by atoms with E-state index in [9.17, 15) is 12.8 Å². The maximum Gasteiger partial charge on any atom is 0.243 e. The number of aromatic nitrogens is 2. The molecule has 0 saturated heterocycles. The summed E-state index contributed by atoms with van der Waals surface area (Å²) in [6.45, 7) is 1.38. The summed E-state index contributed by atoms with van der Waals surface area (Å²) < 4.78 is 44.1. The lowest BCUT2D eigenvalue weighted by atomic mass is 10.2. The maximum absolute atomic E-state index is 13.7. The van der Waals surface area contributed by atoms with Gasteiger partial charge >= 0.3 is 0 Å². The van der Waals surface area contributed by atoms with Crippen LogP contribution in [0.4, 0.5) is 10.1 Å². The third kappa shape index (κ3) is 2.88. The number of nitrogens with one attached hydrogen (secondary N) is 1. The monoisotopic (exact) mass is 286 g/mol. The van der Waals surface area contributed by atoms with E-state index in [1.807, 2.05) is 0 Å². The molecule has 0 aliphatic heterocycles. The fraction of sp³-hybridized carbons (Fsp3) is 0.200. The molecule has 2 rings (SSSR count). The van der Waals surface area contributed by atoms with Gasteiger partial charge in [0.15, 0.2) is 5.82 Å². The van der Waals surface area contributed by atoms with Crippen LogP contribution in [0.5, 0.6) is 0 Å². The summed E-state index contributed by atoms with van der Waals surface area (Å²) in [7, 11) is -4.03. The van der Waals surface area contributed by atoms with Crippen molar-refractivity contribution < 1.29 is 17.3 Å². The Bertz CT molecular complexity index is 685. The van der Waals surface area contributed by atoms with E-state index in [1.54, 1.807) is 6.92 Å². The molecule has 0 saturated carbocycles. The van der Waals surface area contributed by atoms with Crippen molar-refractivity contribution in [1.82, 2.24) is 14.9 Å². The molecule has 3 N–H and O–H groups in total. The van der Waals surface area contributed by atoms with Crippen molar-refractivity contribution in [2.45, 2.75) is 18.4 Å². The van der Waals surface area contributed by atoms with Gasteiger partial charge in [-0.2, -0.15) is 4.98 Å². The minimum absolute atomic E-state index is 0.143. The fourth-order valence-corrected chi connectivity index (χ4v) is 2.45. The van der Waals surface area contributed by atoms with Crippen LogP contribution in [0.15, 0.2) is 27.9 Å². The fourth-order valence-electron chi connectivity index (χ4n) is 1.38. The van der Waals surface area contributed by atoms with Crippen LogP contribution in [0.3, 0.4) is 0 Å². The van der Waals surface area contributed by atoms with Gasteiger partial charge in [-0.3, -0.25) is 0 Å². The minimum Gasteiger partial charge on any atom is -0.398 e. The number of aryl methyl sites for hydroxylation is 1.